The molecule has 0 aromatic carbocycles. The van der Waals surface area contributed by atoms with Gasteiger partial charge in [-0.15, -0.1) is 0 Å². The highest BCUT2D eigenvalue weighted by molar-refractivity contribution is 5.36. The van der Waals surface area contributed by atoms with Gasteiger partial charge >= 0.3 is 0 Å². The van der Waals surface area contributed by atoms with Crippen LogP contribution < -0.4 is 16.6 Å². The Kier molecular flexibility index (Phi) is 4.15. The first kappa shape index (κ1) is 13.1. The molecule has 0 aliphatic heterocycles. The summed E-state index contributed by atoms with van der Waals surface area (Å²) in [5.74, 6) is 6.14. The van der Waals surface area contributed by atoms with E-state index in [1.54, 1.807) is 6.92 Å². The Morgan fingerprint density at radius 2 is 2.16 bits per heavy atom. The predicted molar refractivity (Wildman–Crippen MR) is 67.3 cm³/mol. The fourth-order valence-electron chi connectivity index (χ4n) is 1.32. The molecule has 0 aliphatic rings. The van der Waals surface area contributed by atoms with Crippen LogP contribution >= 0.6 is 0 Å². The number of hydrogen-bond acceptors (Lipinski definition) is 9. The van der Waals surface area contributed by atoms with E-state index >= 15 is 0 Å². The van der Waals surface area contributed by atoms with Gasteiger partial charge in [0, 0.05) is 6.54 Å². The van der Waals surface area contributed by atoms with Gasteiger partial charge in [0.1, 0.15) is 12.7 Å². The summed E-state index contributed by atoms with van der Waals surface area (Å²) in [4.78, 5) is 16.1. The molecule has 0 fully saturated rings. The Morgan fingerprint density at radius 3 is 2.79 bits per heavy atom. The van der Waals surface area contributed by atoms with Crippen LogP contribution in [-0.4, -0.2) is 47.5 Å². The van der Waals surface area contributed by atoms with Crippen molar-refractivity contribution >= 4 is 11.9 Å². The van der Waals surface area contributed by atoms with Crippen LogP contribution in [0, 0.1) is 0 Å². The second-order valence-electron chi connectivity index (χ2n) is 3.83. The normalized spacial score (nSPS) is 12.2. The monoisotopic (exact) mass is 265 g/mol. The van der Waals surface area contributed by atoms with Gasteiger partial charge < -0.3 is 10.4 Å². The van der Waals surface area contributed by atoms with Crippen LogP contribution in [0.3, 0.4) is 0 Å². The third-order valence-corrected chi connectivity index (χ3v) is 2.22. The first-order chi connectivity index (χ1) is 9.19. The average Bonchev–Trinajstić information content (AvgIpc) is 2.92. The minimum Gasteiger partial charge on any atom is -0.393 e. The van der Waals surface area contributed by atoms with Crippen molar-refractivity contribution in [3.05, 3.63) is 12.7 Å². The second-order valence-corrected chi connectivity index (χ2v) is 3.83. The van der Waals surface area contributed by atoms with Crippen LogP contribution in [0.4, 0.5) is 11.9 Å². The van der Waals surface area contributed by atoms with Crippen LogP contribution in [0.5, 0.6) is 0 Å². The quantitative estimate of drug-likeness (QED) is 0.379. The summed E-state index contributed by atoms with van der Waals surface area (Å²) in [6.45, 7) is 2.24. The third-order valence-electron chi connectivity index (χ3n) is 2.22. The lowest BCUT2D eigenvalue weighted by molar-refractivity contribution is 0.188. The summed E-state index contributed by atoms with van der Waals surface area (Å²) < 4.78 is 1.39. The first-order valence-electron chi connectivity index (χ1n) is 5.68. The highest BCUT2D eigenvalue weighted by Crippen LogP contribution is 2.07. The van der Waals surface area contributed by atoms with Crippen molar-refractivity contribution in [1.29, 1.82) is 0 Å². The highest BCUT2D eigenvalue weighted by atomic mass is 16.3. The Bertz CT molecular complexity index is 512. The molecule has 0 amide bonds. The number of nitrogens with zero attached hydrogens (tertiary/aromatic N) is 6. The van der Waals surface area contributed by atoms with Crippen molar-refractivity contribution in [2.24, 2.45) is 5.84 Å². The van der Waals surface area contributed by atoms with E-state index in [1.807, 2.05) is 0 Å². The Hall–Kier alpha value is -2.33. The molecule has 0 radical (unpaired) electrons. The average molecular weight is 265 g/mol. The van der Waals surface area contributed by atoms with Crippen LogP contribution in [0.25, 0.3) is 5.95 Å². The molecule has 0 bridgehead atoms. The van der Waals surface area contributed by atoms with Gasteiger partial charge in [-0.2, -0.15) is 24.7 Å². The summed E-state index contributed by atoms with van der Waals surface area (Å²) in [5, 5.41) is 16.1. The van der Waals surface area contributed by atoms with Crippen LogP contribution in [0.1, 0.15) is 13.3 Å². The maximum Gasteiger partial charge on any atom is 0.258 e. The molecule has 2 heterocycles. The largest absolute Gasteiger partial charge is 0.393 e. The molecule has 2 aromatic rings. The Morgan fingerprint density at radius 1 is 1.37 bits per heavy atom. The number of aliphatic hydroxyl groups excluding tert-OH is 1. The minimum absolute atomic E-state index is 0.208. The number of nitrogen functional groups attached to an aromatic ring is 1. The van der Waals surface area contributed by atoms with E-state index in [2.05, 4.69) is 35.8 Å². The number of rotatable bonds is 6. The number of anilines is 2. The smallest absolute Gasteiger partial charge is 0.258 e. The second kappa shape index (κ2) is 6.02. The molecule has 10 nitrogen and oxygen atoms in total. The number of nitrogens with two attached hydrogens (primary N) is 1. The molecule has 5 N–H and O–H groups in total. The maximum atomic E-state index is 9.19. The van der Waals surface area contributed by atoms with Crippen LogP contribution in [0.2, 0.25) is 0 Å². The van der Waals surface area contributed by atoms with Gasteiger partial charge in [0.15, 0.2) is 0 Å². The molecule has 0 spiro atoms. The highest BCUT2D eigenvalue weighted by Gasteiger charge is 2.08. The molecule has 2 rings (SSSR count). The van der Waals surface area contributed by atoms with Crippen molar-refractivity contribution in [1.82, 2.24) is 29.7 Å². The number of hydrogen-bond donors (Lipinski definition) is 4. The van der Waals surface area contributed by atoms with E-state index < -0.39 is 6.10 Å². The molecule has 102 valence electrons. The summed E-state index contributed by atoms with van der Waals surface area (Å²) in [6, 6.07) is 0. The molecule has 0 aliphatic carbocycles. The fourth-order valence-corrected chi connectivity index (χ4v) is 1.32. The van der Waals surface area contributed by atoms with Crippen LogP contribution in [0.15, 0.2) is 12.7 Å². The van der Waals surface area contributed by atoms with Crippen LogP contribution in [-0.2, 0) is 0 Å². The number of aliphatic hydroxyl groups is 1. The zero-order valence-electron chi connectivity index (χ0n) is 10.4. The van der Waals surface area contributed by atoms with Crippen molar-refractivity contribution in [2.45, 2.75) is 19.4 Å². The van der Waals surface area contributed by atoms with Crippen molar-refractivity contribution in [3.8, 4) is 5.95 Å². The molecular formula is C9H15N9O. The lowest BCUT2D eigenvalue weighted by atomic mass is 10.3. The molecule has 0 saturated heterocycles. The summed E-state index contributed by atoms with van der Waals surface area (Å²) >= 11 is 0. The van der Waals surface area contributed by atoms with Gasteiger partial charge in [0.05, 0.1) is 6.10 Å². The van der Waals surface area contributed by atoms with E-state index in [9.17, 15) is 5.11 Å². The molecule has 19 heavy (non-hydrogen) atoms. The predicted octanol–water partition coefficient (Wildman–Crippen LogP) is -1.08. The summed E-state index contributed by atoms with van der Waals surface area (Å²) in [5.41, 5.74) is 2.36. The van der Waals surface area contributed by atoms with E-state index in [-0.39, 0.29) is 5.95 Å². The van der Waals surface area contributed by atoms with Gasteiger partial charge in [0.25, 0.3) is 5.95 Å². The Balaban J connectivity index is 2.16. The standard InChI is InChI=1S/C9H15N9O/c1-6(19)2-3-12-7-14-8(17-10)16-9(15-7)18-5-11-4-13-18/h4-6,19H,2-3,10H2,1H3,(H2,12,14,15,16,17). The van der Waals surface area contributed by atoms with Gasteiger partial charge in [0.2, 0.25) is 11.9 Å². The van der Waals surface area contributed by atoms with Gasteiger partial charge in [-0.3, -0.25) is 5.43 Å². The lowest BCUT2D eigenvalue weighted by Crippen LogP contribution is -2.17. The number of nitrogens with one attached hydrogen (secondary N) is 2. The molecule has 1 atom stereocenters. The van der Waals surface area contributed by atoms with Crippen molar-refractivity contribution in [2.75, 3.05) is 17.3 Å². The van der Waals surface area contributed by atoms with E-state index in [0.29, 0.717) is 24.9 Å². The lowest BCUT2D eigenvalue weighted by Gasteiger charge is -2.08. The number of hydrazine groups is 1. The third kappa shape index (κ3) is 3.56. The fraction of sp³-hybridized carbons (Fsp3) is 0.444. The molecular weight excluding hydrogens is 250 g/mol. The van der Waals surface area contributed by atoms with E-state index in [0.717, 1.165) is 0 Å². The maximum absolute atomic E-state index is 9.19. The molecule has 2 aromatic heterocycles. The SMILES string of the molecule is CC(O)CCNc1nc(NN)nc(-n2cncn2)n1. The summed E-state index contributed by atoms with van der Waals surface area (Å²) in [6.07, 6.45) is 3.03. The van der Waals surface area contributed by atoms with Gasteiger partial charge in [-0.25, -0.2) is 10.8 Å². The molecule has 1 unspecified atom stereocenters. The van der Waals surface area contributed by atoms with E-state index in [1.165, 1.54) is 17.3 Å². The number of aromatic nitrogens is 6. The first-order valence-corrected chi connectivity index (χ1v) is 5.68. The molecule has 10 heteroatoms. The summed E-state index contributed by atoms with van der Waals surface area (Å²) in [7, 11) is 0. The van der Waals surface area contributed by atoms with Gasteiger partial charge in [-0.1, -0.05) is 0 Å². The topological polar surface area (TPSA) is 140 Å². The van der Waals surface area contributed by atoms with E-state index in [4.69, 9.17) is 5.84 Å². The Labute approximate surface area is 109 Å². The minimum atomic E-state index is -0.392. The van der Waals surface area contributed by atoms with Crippen molar-refractivity contribution in [3.63, 3.8) is 0 Å². The van der Waals surface area contributed by atoms with Gasteiger partial charge in [-0.05, 0) is 13.3 Å². The zero-order valence-corrected chi connectivity index (χ0v) is 10.4. The van der Waals surface area contributed by atoms with Crippen molar-refractivity contribution < 1.29 is 5.11 Å². The zero-order chi connectivity index (χ0) is 13.7. The molecule has 0 saturated carbocycles.